The van der Waals surface area contributed by atoms with E-state index in [4.69, 9.17) is 16.3 Å². The van der Waals surface area contributed by atoms with Gasteiger partial charge in [0, 0.05) is 16.5 Å². The standard InChI is InChI=1S/C21H19ClO4/c1-2-26-21(25)20-17(13-6-5-7-15(22)10-13)11-14(12-19(20)24)16-8-3-4-9-18(16)23/h3-10,12,17,20,23H,2,11H2,1H3. The first kappa shape index (κ1) is 18.2. The molecule has 1 aliphatic carbocycles. The van der Waals surface area contributed by atoms with E-state index >= 15 is 0 Å². The van der Waals surface area contributed by atoms with Gasteiger partial charge in [0.15, 0.2) is 5.78 Å². The zero-order valence-corrected chi connectivity index (χ0v) is 15.1. The lowest BCUT2D eigenvalue weighted by molar-refractivity contribution is -0.151. The fourth-order valence-electron chi connectivity index (χ4n) is 3.37. The van der Waals surface area contributed by atoms with E-state index in [2.05, 4.69) is 0 Å². The molecule has 0 spiro atoms. The number of hydrogen-bond donors (Lipinski definition) is 1. The van der Waals surface area contributed by atoms with E-state index in [1.165, 1.54) is 6.08 Å². The van der Waals surface area contributed by atoms with Crippen LogP contribution in [0.4, 0.5) is 0 Å². The van der Waals surface area contributed by atoms with Gasteiger partial charge >= 0.3 is 5.97 Å². The summed E-state index contributed by atoms with van der Waals surface area (Å²) in [6.07, 6.45) is 1.87. The molecule has 2 atom stereocenters. The van der Waals surface area contributed by atoms with Crippen molar-refractivity contribution in [2.75, 3.05) is 6.61 Å². The molecule has 0 heterocycles. The first-order valence-electron chi connectivity index (χ1n) is 8.46. The largest absolute Gasteiger partial charge is 0.507 e. The number of rotatable bonds is 4. The molecule has 0 fully saturated rings. The lowest BCUT2D eigenvalue weighted by Gasteiger charge is -2.29. The van der Waals surface area contributed by atoms with Crippen molar-refractivity contribution in [1.29, 1.82) is 0 Å². The maximum Gasteiger partial charge on any atom is 0.317 e. The Morgan fingerprint density at radius 2 is 2.00 bits per heavy atom. The molecule has 0 radical (unpaired) electrons. The average Bonchev–Trinajstić information content (AvgIpc) is 2.61. The number of allylic oxidation sites excluding steroid dienone is 2. The second kappa shape index (κ2) is 7.75. The zero-order chi connectivity index (χ0) is 18.7. The molecule has 0 saturated heterocycles. The lowest BCUT2D eigenvalue weighted by Crippen LogP contribution is -2.34. The van der Waals surface area contributed by atoms with Crippen LogP contribution in [-0.2, 0) is 14.3 Å². The molecule has 0 aliphatic heterocycles. The molecule has 0 saturated carbocycles. The molecule has 1 aliphatic rings. The van der Waals surface area contributed by atoms with Crippen LogP contribution in [0.2, 0.25) is 5.02 Å². The van der Waals surface area contributed by atoms with Gasteiger partial charge in [-0.1, -0.05) is 41.9 Å². The third-order valence-corrected chi connectivity index (χ3v) is 4.77. The van der Waals surface area contributed by atoms with Crippen molar-refractivity contribution in [3.8, 4) is 5.75 Å². The minimum atomic E-state index is -0.914. The van der Waals surface area contributed by atoms with E-state index in [1.807, 2.05) is 6.07 Å². The molecule has 5 heteroatoms. The van der Waals surface area contributed by atoms with Gasteiger partial charge in [-0.15, -0.1) is 0 Å². The van der Waals surface area contributed by atoms with E-state index in [0.717, 1.165) is 5.56 Å². The summed E-state index contributed by atoms with van der Waals surface area (Å²) in [6.45, 7) is 1.92. The minimum Gasteiger partial charge on any atom is -0.507 e. The molecule has 2 aromatic rings. The Balaban J connectivity index is 2.06. The van der Waals surface area contributed by atoms with E-state index in [1.54, 1.807) is 49.4 Å². The smallest absolute Gasteiger partial charge is 0.317 e. The summed E-state index contributed by atoms with van der Waals surface area (Å²) in [5.41, 5.74) is 2.08. The summed E-state index contributed by atoms with van der Waals surface area (Å²) in [5, 5.41) is 10.7. The predicted octanol–water partition coefficient (Wildman–Crippen LogP) is 4.36. The number of para-hydroxylation sites is 1. The van der Waals surface area contributed by atoms with Crippen LogP contribution in [0.5, 0.6) is 5.75 Å². The minimum absolute atomic E-state index is 0.103. The van der Waals surface area contributed by atoms with Crippen LogP contribution in [0.3, 0.4) is 0 Å². The number of hydrogen-bond acceptors (Lipinski definition) is 4. The molecular formula is C21H19ClO4. The second-order valence-corrected chi connectivity index (χ2v) is 6.62. The van der Waals surface area contributed by atoms with E-state index in [-0.39, 0.29) is 18.1 Å². The van der Waals surface area contributed by atoms with Crippen molar-refractivity contribution in [2.24, 2.45) is 5.92 Å². The number of phenols is 1. The van der Waals surface area contributed by atoms with Gasteiger partial charge < -0.3 is 9.84 Å². The molecule has 0 amide bonds. The highest BCUT2D eigenvalue weighted by Gasteiger charge is 2.40. The first-order valence-corrected chi connectivity index (χ1v) is 8.84. The number of phenolic OH excluding ortho intramolecular Hbond substituents is 1. The summed E-state index contributed by atoms with van der Waals surface area (Å²) in [7, 11) is 0. The number of aromatic hydroxyl groups is 1. The summed E-state index contributed by atoms with van der Waals surface area (Å²) in [6, 6.07) is 14.0. The van der Waals surface area contributed by atoms with Gasteiger partial charge in [0.1, 0.15) is 11.7 Å². The van der Waals surface area contributed by atoms with Crippen molar-refractivity contribution in [3.05, 3.63) is 70.8 Å². The van der Waals surface area contributed by atoms with Gasteiger partial charge in [0.05, 0.1) is 6.61 Å². The molecule has 1 N–H and O–H groups in total. The molecule has 134 valence electrons. The number of carbonyl (C=O) groups excluding carboxylic acids is 2. The highest BCUT2D eigenvalue weighted by molar-refractivity contribution is 6.30. The van der Waals surface area contributed by atoms with Crippen LogP contribution in [0.25, 0.3) is 5.57 Å². The Hall–Kier alpha value is -2.59. The Kier molecular flexibility index (Phi) is 5.43. The van der Waals surface area contributed by atoms with Crippen LogP contribution in [0.1, 0.15) is 30.4 Å². The molecule has 2 unspecified atom stereocenters. The van der Waals surface area contributed by atoms with Gasteiger partial charge in [0.25, 0.3) is 0 Å². The third kappa shape index (κ3) is 3.65. The Morgan fingerprint density at radius 3 is 2.69 bits per heavy atom. The summed E-state index contributed by atoms with van der Waals surface area (Å²) in [4.78, 5) is 25.2. The number of esters is 1. The van der Waals surface area contributed by atoms with Gasteiger partial charge in [-0.2, -0.15) is 0 Å². The predicted molar refractivity (Wildman–Crippen MR) is 100 cm³/mol. The van der Waals surface area contributed by atoms with Gasteiger partial charge in [-0.3, -0.25) is 9.59 Å². The molecule has 0 aromatic heterocycles. The number of carbonyl (C=O) groups is 2. The van der Waals surface area contributed by atoms with Crippen LogP contribution >= 0.6 is 11.6 Å². The van der Waals surface area contributed by atoms with E-state index < -0.39 is 17.8 Å². The monoisotopic (exact) mass is 370 g/mol. The van der Waals surface area contributed by atoms with Gasteiger partial charge in [-0.05, 0) is 48.8 Å². The fraction of sp³-hybridized carbons (Fsp3) is 0.238. The number of benzene rings is 2. The number of halogens is 1. The first-order chi connectivity index (χ1) is 12.5. The SMILES string of the molecule is CCOC(=O)C1C(=O)C=C(c2ccccc2O)CC1c1cccc(Cl)c1. The second-order valence-electron chi connectivity index (χ2n) is 6.18. The Bertz CT molecular complexity index is 872. The van der Waals surface area contributed by atoms with Crippen molar-refractivity contribution in [3.63, 3.8) is 0 Å². The van der Waals surface area contributed by atoms with Crippen molar-refractivity contribution in [2.45, 2.75) is 19.3 Å². The molecule has 3 rings (SSSR count). The van der Waals surface area contributed by atoms with Crippen molar-refractivity contribution in [1.82, 2.24) is 0 Å². The maximum absolute atomic E-state index is 12.8. The zero-order valence-electron chi connectivity index (χ0n) is 14.3. The molecular weight excluding hydrogens is 352 g/mol. The highest BCUT2D eigenvalue weighted by Crippen LogP contribution is 2.42. The van der Waals surface area contributed by atoms with Crippen LogP contribution in [-0.4, -0.2) is 23.5 Å². The summed E-state index contributed by atoms with van der Waals surface area (Å²) >= 11 is 6.11. The van der Waals surface area contributed by atoms with Crippen molar-refractivity contribution < 1.29 is 19.4 Å². The highest BCUT2D eigenvalue weighted by atomic mass is 35.5. The molecule has 2 aromatic carbocycles. The van der Waals surface area contributed by atoms with Crippen LogP contribution in [0, 0.1) is 5.92 Å². The number of ether oxygens (including phenoxy) is 1. The Morgan fingerprint density at radius 1 is 1.23 bits per heavy atom. The number of ketones is 1. The summed E-state index contributed by atoms with van der Waals surface area (Å²) in [5.74, 6) is -2.07. The normalized spacial score (nSPS) is 19.8. The summed E-state index contributed by atoms with van der Waals surface area (Å²) < 4.78 is 5.13. The quantitative estimate of drug-likeness (QED) is 0.641. The topological polar surface area (TPSA) is 63.6 Å². The average molecular weight is 371 g/mol. The molecule has 26 heavy (non-hydrogen) atoms. The molecule has 0 bridgehead atoms. The van der Waals surface area contributed by atoms with Crippen LogP contribution in [0.15, 0.2) is 54.6 Å². The lowest BCUT2D eigenvalue weighted by atomic mass is 9.73. The Labute approximate surface area is 157 Å². The molecule has 4 nitrogen and oxygen atoms in total. The fourth-order valence-corrected chi connectivity index (χ4v) is 3.57. The maximum atomic E-state index is 12.8. The van der Waals surface area contributed by atoms with Gasteiger partial charge in [-0.25, -0.2) is 0 Å². The van der Waals surface area contributed by atoms with E-state index in [9.17, 15) is 14.7 Å². The van der Waals surface area contributed by atoms with Gasteiger partial charge in [0.2, 0.25) is 0 Å². The van der Waals surface area contributed by atoms with E-state index in [0.29, 0.717) is 22.6 Å². The van der Waals surface area contributed by atoms with Crippen LogP contribution < -0.4 is 0 Å². The van der Waals surface area contributed by atoms with Crippen molar-refractivity contribution >= 4 is 28.9 Å². The third-order valence-electron chi connectivity index (χ3n) is 4.53.